The van der Waals surface area contributed by atoms with Crippen LogP contribution in [0.25, 0.3) is 5.65 Å². The number of aromatic nitrogens is 3. The van der Waals surface area contributed by atoms with Crippen molar-refractivity contribution in [1.29, 1.82) is 0 Å². The summed E-state index contributed by atoms with van der Waals surface area (Å²) in [5, 5.41) is 8.77. The Balaban J connectivity index is 1.97. The van der Waals surface area contributed by atoms with Gasteiger partial charge in [0.15, 0.2) is 11.5 Å². The molecule has 0 saturated heterocycles. The van der Waals surface area contributed by atoms with E-state index in [1.807, 2.05) is 23.8 Å². The van der Waals surface area contributed by atoms with Crippen molar-refractivity contribution in [2.45, 2.75) is 25.8 Å². The van der Waals surface area contributed by atoms with Crippen LogP contribution in [0.2, 0.25) is 0 Å². The summed E-state index contributed by atoms with van der Waals surface area (Å²) in [4.78, 5) is 10.4. The maximum atomic E-state index is 4.62. The second kappa shape index (κ2) is 6.13. The first-order chi connectivity index (χ1) is 10.3. The van der Waals surface area contributed by atoms with Crippen LogP contribution in [-0.2, 0) is 0 Å². The van der Waals surface area contributed by atoms with E-state index in [1.54, 1.807) is 17.5 Å². The van der Waals surface area contributed by atoms with E-state index >= 15 is 0 Å². The van der Waals surface area contributed by atoms with Gasteiger partial charge in [0.2, 0.25) is 0 Å². The minimum absolute atomic E-state index is 0.273. The fraction of sp³-hybridized carbons (Fsp3) is 0.333. The van der Waals surface area contributed by atoms with E-state index in [0.717, 1.165) is 30.1 Å². The summed E-state index contributed by atoms with van der Waals surface area (Å²) in [6.45, 7) is 2.20. The first-order valence-corrected chi connectivity index (χ1v) is 8.01. The summed E-state index contributed by atoms with van der Waals surface area (Å²) in [6, 6.07) is 4.53. The Labute approximate surface area is 128 Å². The Bertz CT molecular complexity index is 704. The van der Waals surface area contributed by atoms with E-state index in [2.05, 4.69) is 45.0 Å². The van der Waals surface area contributed by atoms with Crippen molar-refractivity contribution in [3.8, 4) is 0 Å². The Morgan fingerprint density at radius 1 is 1.43 bits per heavy atom. The highest BCUT2D eigenvalue weighted by Crippen LogP contribution is 2.28. The van der Waals surface area contributed by atoms with Gasteiger partial charge in [0.25, 0.3) is 0 Å². The van der Waals surface area contributed by atoms with Crippen molar-refractivity contribution < 1.29 is 0 Å². The number of hydrogen-bond donors (Lipinski definition) is 2. The normalized spacial score (nSPS) is 12.5. The third kappa shape index (κ3) is 2.85. The highest BCUT2D eigenvalue weighted by Gasteiger charge is 2.15. The van der Waals surface area contributed by atoms with Gasteiger partial charge >= 0.3 is 0 Å². The Morgan fingerprint density at radius 2 is 2.33 bits per heavy atom. The van der Waals surface area contributed by atoms with E-state index in [0.29, 0.717) is 0 Å². The SMILES string of the molecule is CCCC(Nc1nc(NC)cn2ccnc12)c1cccs1. The number of fused-ring (bicyclic) bond motifs is 1. The molecule has 0 amide bonds. The molecule has 0 aliphatic carbocycles. The monoisotopic (exact) mass is 301 g/mol. The molecule has 0 aromatic carbocycles. The molecule has 0 bridgehead atoms. The lowest BCUT2D eigenvalue weighted by molar-refractivity contribution is 0.685. The van der Waals surface area contributed by atoms with Crippen molar-refractivity contribution >= 4 is 28.6 Å². The van der Waals surface area contributed by atoms with Gasteiger partial charge in [-0.3, -0.25) is 0 Å². The highest BCUT2D eigenvalue weighted by atomic mass is 32.1. The molecule has 0 radical (unpaired) electrons. The molecule has 0 aliphatic heterocycles. The highest BCUT2D eigenvalue weighted by molar-refractivity contribution is 7.10. The molecule has 5 nitrogen and oxygen atoms in total. The maximum absolute atomic E-state index is 4.62. The second-order valence-corrected chi connectivity index (χ2v) is 5.86. The van der Waals surface area contributed by atoms with Crippen molar-refractivity contribution in [2.75, 3.05) is 17.7 Å². The van der Waals surface area contributed by atoms with Gasteiger partial charge in [0.1, 0.15) is 5.82 Å². The molecule has 6 heteroatoms. The maximum Gasteiger partial charge on any atom is 0.180 e. The molecule has 3 heterocycles. The van der Waals surface area contributed by atoms with Crippen LogP contribution in [0, 0.1) is 0 Å². The lowest BCUT2D eigenvalue weighted by atomic mass is 10.1. The first-order valence-electron chi connectivity index (χ1n) is 7.13. The third-order valence-electron chi connectivity index (χ3n) is 3.41. The molecule has 3 aromatic heterocycles. The quantitative estimate of drug-likeness (QED) is 0.727. The number of nitrogens with one attached hydrogen (secondary N) is 2. The minimum Gasteiger partial charge on any atom is -0.372 e. The third-order valence-corrected chi connectivity index (χ3v) is 4.39. The van der Waals surface area contributed by atoms with Gasteiger partial charge in [0.05, 0.1) is 12.2 Å². The smallest absolute Gasteiger partial charge is 0.180 e. The van der Waals surface area contributed by atoms with Crippen molar-refractivity contribution in [2.24, 2.45) is 0 Å². The lowest BCUT2D eigenvalue weighted by Gasteiger charge is -2.18. The number of rotatable bonds is 6. The lowest BCUT2D eigenvalue weighted by Crippen LogP contribution is -2.12. The predicted octanol–water partition coefficient (Wildman–Crippen LogP) is 3.79. The number of thiophene rings is 1. The molecule has 0 aliphatic rings. The molecule has 3 aromatic rings. The molecule has 0 spiro atoms. The van der Waals surface area contributed by atoms with Gasteiger partial charge in [0, 0.05) is 24.3 Å². The number of nitrogens with zero attached hydrogens (tertiary/aromatic N) is 3. The van der Waals surface area contributed by atoms with E-state index in [4.69, 9.17) is 0 Å². The molecule has 110 valence electrons. The van der Waals surface area contributed by atoms with Crippen molar-refractivity contribution in [3.63, 3.8) is 0 Å². The molecule has 1 unspecified atom stereocenters. The van der Waals surface area contributed by atoms with Crippen LogP contribution in [0.3, 0.4) is 0 Å². The zero-order valence-corrected chi connectivity index (χ0v) is 13.0. The van der Waals surface area contributed by atoms with Crippen LogP contribution < -0.4 is 10.6 Å². The minimum atomic E-state index is 0.273. The Morgan fingerprint density at radius 3 is 3.05 bits per heavy atom. The summed E-state index contributed by atoms with van der Waals surface area (Å²) in [6.07, 6.45) is 7.85. The molecular formula is C15H19N5S. The fourth-order valence-electron chi connectivity index (χ4n) is 2.38. The first kappa shape index (κ1) is 13.9. The second-order valence-electron chi connectivity index (χ2n) is 4.88. The molecule has 0 saturated carbocycles. The molecular weight excluding hydrogens is 282 g/mol. The number of imidazole rings is 1. The van der Waals surface area contributed by atoms with E-state index in [1.165, 1.54) is 4.88 Å². The molecule has 0 fully saturated rings. The van der Waals surface area contributed by atoms with Crippen LogP contribution in [0.15, 0.2) is 36.1 Å². The zero-order valence-electron chi connectivity index (χ0n) is 12.2. The van der Waals surface area contributed by atoms with Gasteiger partial charge in [-0.25, -0.2) is 9.97 Å². The molecule has 3 rings (SSSR count). The van der Waals surface area contributed by atoms with Crippen LogP contribution in [-0.4, -0.2) is 21.4 Å². The van der Waals surface area contributed by atoms with E-state index in [9.17, 15) is 0 Å². The summed E-state index contributed by atoms with van der Waals surface area (Å²) < 4.78 is 1.98. The van der Waals surface area contributed by atoms with Gasteiger partial charge in [-0.05, 0) is 17.9 Å². The standard InChI is InChI=1S/C15H19N5S/c1-3-5-11(12-6-4-9-21-12)18-14-15-17-7-8-20(15)10-13(16-2)19-14/h4,6-11,16H,3,5H2,1-2H3,(H,18,19). The average Bonchev–Trinajstić information content (AvgIpc) is 3.17. The average molecular weight is 301 g/mol. The van der Waals surface area contributed by atoms with Crippen LogP contribution in [0.5, 0.6) is 0 Å². The van der Waals surface area contributed by atoms with Gasteiger partial charge < -0.3 is 15.0 Å². The topological polar surface area (TPSA) is 54.2 Å². The Hall–Kier alpha value is -2.08. The predicted molar refractivity (Wildman–Crippen MR) is 88.1 cm³/mol. The summed E-state index contributed by atoms with van der Waals surface area (Å²) in [7, 11) is 1.87. The molecule has 1 atom stereocenters. The van der Waals surface area contributed by atoms with Gasteiger partial charge in [-0.15, -0.1) is 11.3 Å². The summed E-state index contributed by atoms with van der Waals surface area (Å²) >= 11 is 1.77. The van der Waals surface area contributed by atoms with Gasteiger partial charge in [-0.2, -0.15) is 0 Å². The zero-order chi connectivity index (χ0) is 14.7. The largest absolute Gasteiger partial charge is 0.372 e. The van der Waals surface area contributed by atoms with Crippen LogP contribution >= 0.6 is 11.3 Å². The Kier molecular flexibility index (Phi) is 4.06. The van der Waals surface area contributed by atoms with Crippen molar-refractivity contribution in [3.05, 3.63) is 41.0 Å². The molecule has 21 heavy (non-hydrogen) atoms. The van der Waals surface area contributed by atoms with Crippen LogP contribution in [0.4, 0.5) is 11.6 Å². The number of hydrogen-bond acceptors (Lipinski definition) is 5. The number of anilines is 2. The summed E-state index contributed by atoms with van der Waals surface area (Å²) in [5.74, 6) is 1.64. The van der Waals surface area contributed by atoms with E-state index < -0.39 is 0 Å². The van der Waals surface area contributed by atoms with Gasteiger partial charge in [-0.1, -0.05) is 19.4 Å². The van der Waals surface area contributed by atoms with Crippen LogP contribution in [0.1, 0.15) is 30.7 Å². The molecule has 2 N–H and O–H groups in total. The summed E-state index contributed by atoms with van der Waals surface area (Å²) in [5.41, 5.74) is 0.853. The van der Waals surface area contributed by atoms with Crippen molar-refractivity contribution in [1.82, 2.24) is 14.4 Å². The van der Waals surface area contributed by atoms with E-state index in [-0.39, 0.29) is 6.04 Å². The fourth-order valence-corrected chi connectivity index (χ4v) is 3.19.